The Kier molecular flexibility index (Phi) is 5.72. The number of pyridine rings is 1. The molecular formula is C19H18ClF3N6O2S2. The van der Waals surface area contributed by atoms with Crippen molar-refractivity contribution in [3.8, 4) is 10.8 Å². The molecule has 0 amide bonds. The van der Waals surface area contributed by atoms with Crippen molar-refractivity contribution in [2.45, 2.75) is 36.1 Å². The molecule has 0 atom stereocenters. The number of fused-ring (bicyclic) bond motifs is 1. The first-order valence-corrected chi connectivity index (χ1v) is 12.7. The van der Waals surface area contributed by atoms with Crippen molar-refractivity contribution in [1.29, 1.82) is 0 Å². The molecule has 1 saturated carbocycles. The second kappa shape index (κ2) is 8.31. The molecule has 1 aliphatic carbocycles. The topological polar surface area (TPSA) is 101 Å². The maximum atomic E-state index is 13.4. The molecular weight excluding hydrogens is 501 g/mol. The van der Waals surface area contributed by atoms with Gasteiger partial charge in [0.25, 0.3) is 6.43 Å². The van der Waals surface area contributed by atoms with Crippen LogP contribution in [0.15, 0.2) is 23.2 Å². The summed E-state index contributed by atoms with van der Waals surface area (Å²) < 4.78 is 69.8. The summed E-state index contributed by atoms with van der Waals surface area (Å²) in [5.74, 6) is 0.0962. The van der Waals surface area contributed by atoms with E-state index < -0.39 is 33.7 Å². The van der Waals surface area contributed by atoms with Crippen LogP contribution in [0.2, 0.25) is 5.15 Å². The predicted octanol–water partition coefficient (Wildman–Crippen LogP) is 3.60. The van der Waals surface area contributed by atoms with Crippen molar-refractivity contribution in [2.24, 2.45) is 0 Å². The number of halogens is 4. The van der Waals surface area contributed by atoms with Gasteiger partial charge in [-0.05, 0) is 37.4 Å². The van der Waals surface area contributed by atoms with E-state index in [0.29, 0.717) is 54.8 Å². The van der Waals surface area contributed by atoms with Crippen LogP contribution in [-0.4, -0.2) is 53.3 Å². The molecule has 33 heavy (non-hydrogen) atoms. The molecule has 14 heteroatoms. The highest BCUT2D eigenvalue weighted by molar-refractivity contribution is 7.89. The SMILES string of the molecule is O=S(=O)(NC1(CF)CC1)c1cc(C2=CCNCC2)c2c(Cl)nc(-c3nnc(C(F)F)s3)n2c1. The van der Waals surface area contributed by atoms with Gasteiger partial charge in [-0.25, -0.2) is 31.3 Å². The molecule has 0 aromatic carbocycles. The largest absolute Gasteiger partial charge is 0.313 e. The molecule has 2 N–H and O–H groups in total. The van der Waals surface area contributed by atoms with Crippen molar-refractivity contribution in [1.82, 2.24) is 29.6 Å². The molecule has 0 unspecified atom stereocenters. The quantitative estimate of drug-likeness (QED) is 0.495. The van der Waals surface area contributed by atoms with Crippen LogP contribution in [0.3, 0.4) is 0 Å². The van der Waals surface area contributed by atoms with Gasteiger partial charge in [-0.3, -0.25) is 4.40 Å². The van der Waals surface area contributed by atoms with Crippen LogP contribution in [0, 0.1) is 0 Å². The molecule has 5 rings (SSSR count). The number of rotatable bonds is 7. The van der Waals surface area contributed by atoms with Gasteiger partial charge < -0.3 is 5.32 Å². The molecule has 0 spiro atoms. The summed E-state index contributed by atoms with van der Waals surface area (Å²) in [4.78, 5) is 4.17. The Bertz CT molecular complexity index is 1370. The van der Waals surface area contributed by atoms with Gasteiger partial charge in [0.1, 0.15) is 6.67 Å². The summed E-state index contributed by atoms with van der Waals surface area (Å²) in [6.07, 6.45) is 1.87. The molecule has 2 aliphatic rings. The molecule has 1 aliphatic heterocycles. The van der Waals surface area contributed by atoms with Crippen LogP contribution in [0.25, 0.3) is 21.9 Å². The fourth-order valence-electron chi connectivity index (χ4n) is 3.73. The highest BCUT2D eigenvalue weighted by Gasteiger charge is 2.46. The second-order valence-electron chi connectivity index (χ2n) is 7.98. The Balaban J connectivity index is 1.72. The summed E-state index contributed by atoms with van der Waals surface area (Å²) in [5.41, 5.74) is 0.760. The summed E-state index contributed by atoms with van der Waals surface area (Å²) in [6.45, 7) is 0.473. The van der Waals surface area contributed by atoms with Gasteiger partial charge in [0.2, 0.25) is 10.0 Å². The third-order valence-electron chi connectivity index (χ3n) is 5.67. The molecule has 8 nitrogen and oxygen atoms in total. The standard InChI is InChI=1S/C19H18ClF3N6O2S2/c20-14-13-12(10-1-5-24-6-2-10)7-11(33(30,31)28-19(9-21)3-4-19)8-29(13)16(25-14)18-27-26-17(32-18)15(22)23/h1,7-8,15,24,28H,2-6,9H2. The molecule has 176 valence electrons. The zero-order valence-corrected chi connectivity index (χ0v) is 19.4. The zero-order valence-electron chi connectivity index (χ0n) is 17.0. The average Bonchev–Trinajstić information content (AvgIpc) is 3.23. The van der Waals surface area contributed by atoms with E-state index >= 15 is 0 Å². The Morgan fingerprint density at radius 1 is 1.33 bits per heavy atom. The first kappa shape index (κ1) is 22.7. The highest BCUT2D eigenvalue weighted by atomic mass is 35.5. The van der Waals surface area contributed by atoms with Crippen molar-refractivity contribution < 1.29 is 21.6 Å². The summed E-state index contributed by atoms with van der Waals surface area (Å²) in [5, 5.41) is 10.1. The number of alkyl halides is 3. The summed E-state index contributed by atoms with van der Waals surface area (Å²) in [6, 6.07) is 1.49. The molecule has 0 bridgehead atoms. The fourth-order valence-corrected chi connectivity index (χ4v) is 6.15. The molecule has 0 radical (unpaired) electrons. The molecule has 1 fully saturated rings. The van der Waals surface area contributed by atoms with Gasteiger partial charge in [-0.1, -0.05) is 29.0 Å². The van der Waals surface area contributed by atoms with E-state index in [1.807, 2.05) is 6.08 Å². The van der Waals surface area contributed by atoms with Crippen molar-refractivity contribution in [2.75, 3.05) is 19.8 Å². The van der Waals surface area contributed by atoms with E-state index in [9.17, 15) is 21.6 Å². The van der Waals surface area contributed by atoms with Crippen LogP contribution >= 0.6 is 22.9 Å². The van der Waals surface area contributed by atoms with Gasteiger partial charge in [-0.15, -0.1) is 10.2 Å². The van der Waals surface area contributed by atoms with Crippen LogP contribution in [0.4, 0.5) is 13.2 Å². The number of hydrogen-bond acceptors (Lipinski definition) is 7. The van der Waals surface area contributed by atoms with Crippen LogP contribution < -0.4 is 10.0 Å². The summed E-state index contributed by atoms with van der Waals surface area (Å²) in [7, 11) is -4.10. The fraction of sp³-hybridized carbons (Fsp3) is 0.421. The Hall–Kier alpha value is -2.06. The molecule has 3 aromatic rings. The van der Waals surface area contributed by atoms with Gasteiger partial charge in [0.15, 0.2) is 21.0 Å². The Morgan fingerprint density at radius 2 is 2.12 bits per heavy atom. The van der Waals surface area contributed by atoms with E-state index in [1.54, 1.807) is 0 Å². The molecule has 3 aromatic heterocycles. The van der Waals surface area contributed by atoms with Crippen LogP contribution in [0.5, 0.6) is 0 Å². The minimum atomic E-state index is -4.10. The van der Waals surface area contributed by atoms with E-state index in [2.05, 4.69) is 25.2 Å². The minimum absolute atomic E-state index is 0.0716. The Labute approximate surface area is 195 Å². The van der Waals surface area contributed by atoms with Gasteiger partial charge in [0, 0.05) is 18.3 Å². The first-order chi connectivity index (χ1) is 15.7. The highest BCUT2D eigenvalue weighted by Crippen LogP contribution is 2.39. The minimum Gasteiger partial charge on any atom is -0.313 e. The van der Waals surface area contributed by atoms with E-state index in [4.69, 9.17) is 11.6 Å². The summed E-state index contributed by atoms with van der Waals surface area (Å²) >= 11 is 7.09. The molecule has 4 heterocycles. The van der Waals surface area contributed by atoms with Gasteiger partial charge in [0.05, 0.1) is 16.0 Å². The van der Waals surface area contributed by atoms with E-state index in [0.717, 1.165) is 5.57 Å². The van der Waals surface area contributed by atoms with Crippen molar-refractivity contribution in [3.05, 3.63) is 34.1 Å². The number of imidazole rings is 1. The lowest BCUT2D eigenvalue weighted by molar-refractivity contribution is 0.150. The first-order valence-electron chi connectivity index (χ1n) is 10.1. The zero-order chi connectivity index (χ0) is 23.4. The van der Waals surface area contributed by atoms with Crippen molar-refractivity contribution in [3.63, 3.8) is 0 Å². The van der Waals surface area contributed by atoms with Gasteiger partial charge >= 0.3 is 0 Å². The van der Waals surface area contributed by atoms with E-state index in [-0.39, 0.29) is 20.9 Å². The third-order valence-corrected chi connectivity index (χ3v) is 8.40. The second-order valence-corrected chi connectivity index (χ2v) is 11.0. The lowest BCUT2D eigenvalue weighted by Crippen LogP contribution is -2.38. The van der Waals surface area contributed by atoms with Crippen LogP contribution in [0.1, 0.15) is 36.3 Å². The number of nitrogens with zero attached hydrogens (tertiary/aromatic N) is 4. The smallest absolute Gasteiger partial charge is 0.291 e. The number of sulfonamides is 1. The van der Waals surface area contributed by atoms with E-state index in [1.165, 1.54) is 16.7 Å². The maximum absolute atomic E-state index is 13.4. The average molecular weight is 519 g/mol. The number of nitrogens with one attached hydrogen (secondary N) is 2. The number of hydrogen-bond donors (Lipinski definition) is 2. The lowest BCUT2D eigenvalue weighted by atomic mass is 10.0. The van der Waals surface area contributed by atoms with Crippen LogP contribution in [-0.2, 0) is 10.0 Å². The third kappa shape index (κ3) is 4.16. The number of aromatic nitrogens is 4. The van der Waals surface area contributed by atoms with Gasteiger partial charge in [-0.2, -0.15) is 0 Å². The van der Waals surface area contributed by atoms with Crippen molar-refractivity contribution >= 4 is 44.1 Å². The molecule has 0 saturated heterocycles. The Morgan fingerprint density at radius 3 is 2.73 bits per heavy atom. The normalized spacial score (nSPS) is 18.2. The monoisotopic (exact) mass is 518 g/mol. The maximum Gasteiger partial charge on any atom is 0.291 e. The lowest BCUT2D eigenvalue weighted by Gasteiger charge is -2.18. The predicted molar refractivity (Wildman–Crippen MR) is 118 cm³/mol.